The Labute approximate surface area is 142 Å². The van der Waals surface area contributed by atoms with E-state index in [1.807, 2.05) is 49.4 Å². The Morgan fingerprint density at radius 2 is 1.96 bits per heavy atom. The van der Waals surface area contributed by atoms with Crippen molar-refractivity contribution >= 4 is 23.2 Å². The zero-order valence-electron chi connectivity index (χ0n) is 14.1. The molecule has 1 unspecified atom stereocenters. The zero-order chi connectivity index (χ0) is 17.1. The second-order valence-electron chi connectivity index (χ2n) is 6.23. The van der Waals surface area contributed by atoms with Crippen LogP contribution in [0.4, 0.5) is 11.4 Å². The van der Waals surface area contributed by atoms with Crippen LogP contribution < -0.4 is 10.2 Å². The Kier molecular flexibility index (Phi) is 4.65. The molecule has 1 aliphatic heterocycles. The largest absolute Gasteiger partial charge is 0.326 e. The number of amides is 2. The highest BCUT2D eigenvalue weighted by atomic mass is 16.2. The number of rotatable bonds is 4. The molecule has 1 heterocycles. The van der Waals surface area contributed by atoms with Crippen LogP contribution in [0.2, 0.25) is 0 Å². The minimum atomic E-state index is -0.317. The van der Waals surface area contributed by atoms with Gasteiger partial charge in [0.05, 0.1) is 5.92 Å². The first-order valence-electron chi connectivity index (χ1n) is 8.34. The van der Waals surface area contributed by atoms with Crippen LogP contribution in [0.3, 0.4) is 0 Å². The molecule has 0 aliphatic carbocycles. The van der Waals surface area contributed by atoms with Crippen molar-refractivity contribution in [2.45, 2.75) is 26.7 Å². The van der Waals surface area contributed by atoms with E-state index in [4.69, 9.17) is 0 Å². The van der Waals surface area contributed by atoms with Gasteiger partial charge in [-0.1, -0.05) is 37.3 Å². The third-order valence-electron chi connectivity index (χ3n) is 4.53. The van der Waals surface area contributed by atoms with Crippen LogP contribution >= 0.6 is 0 Å². The van der Waals surface area contributed by atoms with Crippen LogP contribution in [-0.2, 0) is 16.0 Å². The minimum Gasteiger partial charge on any atom is -0.326 e. The maximum absolute atomic E-state index is 12.6. The topological polar surface area (TPSA) is 49.4 Å². The van der Waals surface area contributed by atoms with E-state index >= 15 is 0 Å². The van der Waals surface area contributed by atoms with Gasteiger partial charge in [0.2, 0.25) is 11.8 Å². The van der Waals surface area contributed by atoms with E-state index in [0.29, 0.717) is 6.54 Å². The van der Waals surface area contributed by atoms with Crippen LogP contribution in [-0.4, -0.2) is 18.4 Å². The molecule has 0 aromatic heterocycles. The summed E-state index contributed by atoms with van der Waals surface area (Å²) in [4.78, 5) is 26.5. The maximum atomic E-state index is 12.6. The summed E-state index contributed by atoms with van der Waals surface area (Å²) >= 11 is 0. The zero-order valence-corrected chi connectivity index (χ0v) is 14.1. The smallest absolute Gasteiger partial charge is 0.229 e. The molecule has 124 valence electrons. The highest BCUT2D eigenvalue weighted by Crippen LogP contribution is 2.26. The van der Waals surface area contributed by atoms with Gasteiger partial charge in [0.25, 0.3) is 0 Å². The fourth-order valence-electron chi connectivity index (χ4n) is 3.00. The van der Waals surface area contributed by atoms with Gasteiger partial charge in [0, 0.05) is 24.3 Å². The highest BCUT2D eigenvalue weighted by molar-refractivity contribution is 6.03. The third-order valence-corrected chi connectivity index (χ3v) is 4.53. The molecule has 0 saturated carbocycles. The molecule has 1 aliphatic rings. The van der Waals surface area contributed by atoms with Gasteiger partial charge in [-0.15, -0.1) is 0 Å². The van der Waals surface area contributed by atoms with Gasteiger partial charge >= 0.3 is 0 Å². The summed E-state index contributed by atoms with van der Waals surface area (Å²) < 4.78 is 0. The van der Waals surface area contributed by atoms with Crippen LogP contribution in [0, 0.1) is 12.8 Å². The number of anilines is 2. The molecule has 1 fully saturated rings. The first-order chi connectivity index (χ1) is 11.6. The Morgan fingerprint density at radius 1 is 1.21 bits per heavy atom. The molecular weight excluding hydrogens is 300 g/mol. The molecule has 1 saturated heterocycles. The summed E-state index contributed by atoms with van der Waals surface area (Å²) in [7, 11) is 0. The number of para-hydroxylation sites is 1. The lowest BCUT2D eigenvalue weighted by molar-refractivity contribution is -0.122. The van der Waals surface area contributed by atoms with Gasteiger partial charge in [-0.2, -0.15) is 0 Å². The Bertz CT molecular complexity index is 755. The van der Waals surface area contributed by atoms with E-state index in [1.54, 1.807) is 4.90 Å². The molecule has 0 bridgehead atoms. The lowest BCUT2D eigenvalue weighted by Crippen LogP contribution is -2.28. The molecule has 3 rings (SSSR count). The summed E-state index contributed by atoms with van der Waals surface area (Å²) in [5, 5.41) is 3.00. The van der Waals surface area contributed by atoms with Crippen molar-refractivity contribution in [3.05, 3.63) is 59.7 Å². The minimum absolute atomic E-state index is 0.000353. The first-order valence-corrected chi connectivity index (χ1v) is 8.34. The number of nitrogens with one attached hydrogen (secondary N) is 1. The van der Waals surface area contributed by atoms with Crippen molar-refractivity contribution < 1.29 is 9.59 Å². The SMILES string of the molecule is CCc1ccc(C)c(NC(=O)C2CC(=O)N(c3ccccc3)C2)c1. The quantitative estimate of drug-likeness (QED) is 0.936. The predicted octanol–water partition coefficient (Wildman–Crippen LogP) is 3.55. The van der Waals surface area contributed by atoms with Crippen LogP contribution in [0.5, 0.6) is 0 Å². The number of nitrogens with zero attached hydrogens (tertiary/aromatic N) is 1. The lowest BCUT2D eigenvalue weighted by Gasteiger charge is -2.17. The summed E-state index contributed by atoms with van der Waals surface area (Å²) in [5.41, 5.74) is 3.90. The lowest BCUT2D eigenvalue weighted by atomic mass is 10.1. The Balaban J connectivity index is 1.72. The molecular formula is C20H22N2O2. The third kappa shape index (κ3) is 3.32. The number of hydrogen-bond donors (Lipinski definition) is 1. The molecule has 24 heavy (non-hydrogen) atoms. The highest BCUT2D eigenvalue weighted by Gasteiger charge is 2.35. The monoisotopic (exact) mass is 322 g/mol. The Morgan fingerprint density at radius 3 is 2.67 bits per heavy atom. The van der Waals surface area contributed by atoms with Gasteiger partial charge in [-0.3, -0.25) is 9.59 Å². The van der Waals surface area contributed by atoms with E-state index in [0.717, 1.165) is 23.4 Å². The first kappa shape index (κ1) is 16.2. The standard InChI is InChI=1S/C20H22N2O2/c1-3-15-10-9-14(2)18(11-15)21-20(24)16-12-19(23)22(13-16)17-7-5-4-6-8-17/h4-11,16H,3,12-13H2,1-2H3,(H,21,24). The molecule has 1 atom stereocenters. The fourth-order valence-corrected chi connectivity index (χ4v) is 3.00. The summed E-state index contributed by atoms with van der Waals surface area (Å²) in [6.45, 7) is 4.50. The number of benzene rings is 2. The number of hydrogen-bond acceptors (Lipinski definition) is 2. The van der Waals surface area contributed by atoms with Crippen molar-refractivity contribution in [1.82, 2.24) is 0 Å². The second kappa shape index (κ2) is 6.87. The van der Waals surface area contributed by atoms with Gasteiger partial charge in [0.1, 0.15) is 0 Å². The van der Waals surface area contributed by atoms with Gasteiger partial charge in [-0.25, -0.2) is 0 Å². The summed E-state index contributed by atoms with van der Waals surface area (Å²) in [6, 6.07) is 15.6. The average Bonchev–Trinajstić information content (AvgIpc) is 2.99. The van der Waals surface area contributed by atoms with Crippen molar-refractivity contribution in [3.63, 3.8) is 0 Å². The van der Waals surface area contributed by atoms with Gasteiger partial charge in [0.15, 0.2) is 0 Å². The molecule has 0 radical (unpaired) electrons. The number of aryl methyl sites for hydroxylation is 2. The van der Waals surface area contributed by atoms with Crippen molar-refractivity contribution in [2.75, 3.05) is 16.8 Å². The molecule has 2 aromatic rings. The van der Waals surface area contributed by atoms with E-state index < -0.39 is 0 Å². The van der Waals surface area contributed by atoms with Crippen LogP contribution in [0.1, 0.15) is 24.5 Å². The Hall–Kier alpha value is -2.62. The molecule has 2 amide bonds. The molecule has 2 aromatic carbocycles. The number of carbonyl (C=O) groups is 2. The molecule has 0 spiro atoms. The number of carbonyl (C=O) groups excluding carboxylic acids is 2. The van der Waals surface area contributed by atoms with Crippen LogP contribution in [0.25, 0.3) is 0 Å². The predicted molar refractivity (Wildman–Crippen MR) is 96.1 cm³/mol. The summed E-state index contributed by atoms with van der Waals surface area (Å²) in [5.74, 6) is -0.402. The second-order valence-corrected chi connectivity index (χ2v) is 6.23. The van der Waals surface area contributed by atoms with Crippen molar-refractivity contribution in [3.8, 4) is 0 Å². The van der Waals surface area contributed by atoms with Gasteiger partial charge in [-0.05, 0) is 42.7 Å². The van der Waals surface area contributed by atoms with Crippen molar-refractivity contribution in [1.29, 1.82) is 0 Å². The maximum Gasteiger partial charge on any atom is 0.229 e. The van der Waals surface area contributed by atoms with Gasteiger partial charge < -0.3 is 10.2 Å². The molecule has 4 nitrogen and oxygen atoms in total. The van der Waals surface area contributed by atoms with Crippen LogP contribution in [0.15, 0.2) is 48.5 Å². The summed E-state index contributed by atoms with van der Waals surface area (Å²) in [6.07, 6.45) is 1.18. The normalized spacial score (nSPS) is 17.2. The van der Waals surface area contributed by atoms with E-state index in [2.05, 4.69) is 18.3 Å². The average molecular weight is 322 g/mol. The van der Waals surface area contributed by atoms with E-state index in [-0.39, 0.29) is 24.2 Å². The molecule has 4 heteroatoms. The van der Waals surface area contributed by atoms with E-state index in [1.165, 1.54) is 5.56 Å². The fraction of sp³-hybridized carbons (Fsp3) is 0.300. The van der Waals surface area contributed by atoms with Crippen molar-refractivity contribution in [2.24, 2.45) is 5.92 Å². The van der Waals surface area contributed by atoms with E-state index in [9.17, 15) is 9.59 Å². The molecule has 1 N–H and O–H groups in total.